The minimum Gasteiger partial charge on any atom is -0.378 e. The molecule has 0 bridgehead atoms. The molecule has 7 heteroatoms. The third-order valence-corrected chi connectivity index (χ3v) is 3.05. The molecule has 1 unspecified atom stereocenters. The Morgan fingerprint density at radius 2 is 2.22 bits per heavy atom. The summed E-state index contributed by atoms with van der Waals surface area (Å²) in [6.45, 7) is 0.649. The zero-order valence-corrected chi connectivity index (χ0v) is 10.3. The highest BCUT2D eigenvalue weighted by atomic mass is 35.5. The Morgan fingerprint density at radius 3 is 2.78 bits per heavy atom. The number of rotatable bonds is 3. The molecule has 1 aliphatic heterocycles. The van der Waals surface area contributed by atoms with Gasteiger partial charge in [-0.3, -0.25) is 0 Å². The highest BCUT2D eigenvalue weighted by Crippen LogP contribution is 2.31. The van der Waals surface area contributed by atoms with Gasteiger partial charge < -0.3 is 4.74 Å². The number of hydrogen-bond acceptors (Lipinski definition) is 3. The summed E-state index contributed by atoms with van der Waals surface area (Å²) >= 11 is 5.46. The van der Waals surface area contributed by atoms with Crippen LogP contribution in [0.15, 0.2) is 6.20 Å². The average Bonchev–Trinajstić information content (AvgIpc) is 2.80. The Balaban J connectivity index is 2.22. The Labute approximate surface area is 107 Å². The molecule has 1 fully saturated rings. The maximum absolute atomic E-state index is 12.7. The van der Waals surface area contributed by atoms with Crippen LogP contribution in [0.2, 0.25) is 0 Å². The van der Waals surface area contributed by atoms with Crippen molar-refractivity contribution >= 4 is 11.6 Å². The summed E-state index contributed by atoms with van der Waals surface area (Å²) in [7, 11) is 0. The van der Waals surface area contributed by atoms with E-state index in [1.54, 1.807) is 0 Å². The van der Waals surface area contributed by atoms with Crippen LogP contribution in [0.5, 0.6) is 0 Å². The van der Waals surface area contributed by atoms with Gasteiger partial charge in [0.2, 0.25) is 0 Å². The van der Waals surface area contributed by atoms with Gasteiger partial charge in [0, 0.05) is 24.8 Å². The second-order valence-corrected chi connectivity index (χ2v) is 4.40. The first-order chi connectivity index (χ1) is 8.50. The van der Waals surface area contributed by atoms with Crippen molar-refractivity contribution in [3.05, 3.63) is 23.3 Å². The van der Waals surface area contributed by atoms with Crippen LogP contribution in [-0.2, 0) is 23.2 Å². The van der Waals surface area contributed by atoms with Gasteiger partial charge in [-0.25, -0.2) is 9.97 Å². The zero-order valence-electron chi connectivity index (χ0n) is 9.50. The lowest BCUT2D eigenvalue weighted by Gasteiger charge is -2.13. The molecule has 1 saturated heterocycles. The number of halogens is 4. The van der Waals surface area contributed by atoms with Gasteiger partial charge in [-0.15, -0.1) is 11.6 Å². The largest absolute Gasteiger partial charge is 0.433 e. The van der Waals surface area contributed by atoms with Crippen LogP contribution < -0.4 is 0 Å². The van der Waals surface area contributed by atoms with Crippen LogP contribution in [0, 0.1) is 0 Å². The average molecular weight is 281 g/mol. The van der Waals surface area contributed by atoms with Crippen molar-refractivity contribution in [2.45, 2.75) is 37.4 Å². The number of aromatic nitrogens is 2. The molecule has 0 aliphatic carbocycles. The summed E-state index contributed by atoms with van der Waals surface area (Å²) in [5, 5.41) is 0. The van der Waals surface area contributed by atoms with Gasteiger partial charge in [-0.1, -0.05) is 0 Å². The number of hydrogen-bond donors (Lipinski definition) is 0. The molecule has 0 N–H and O–H groups in total. The van der Waals surface area contributed by atoms with E-state index in [1.165, 1.54) is 0 Å². The van der Waals surface area contributed by atoms with Crippen molar-refractivity contribution in [3.8, 4) is 0 Å². The van der Waals surface area contributed by atoms with Gasteiger partial charge >= 0.3 is 6.18 Å². The summed E-state index contributed by atoms with van der Waals surface area (Å²) < 4.78 is 43.6. The molecule has 100 valence electrons. The minimum absolute atomic E-state index is 0.0760. The first-order valence-corrected chi connectivity index (χ1v) is 6.13. The van der Waals surface area contributed by atoms with Gasteiger partial charge in [0.1, 0.15) is 5.82 Å². The van der Waals surface area contributed by atoms with E-state index in [2.05, 4.69) is 9.97 Å². The van der Waals surface area contributed by atoms with Crippen molar-refractivity contribution in [3.63, 3.8) is 0 Å². The van der Waals surface area contributed by atoms with E-state index in [9.17, 15) is 13.2 Å². The number of ether oxygens (including phenoxy) is 1. The molecule has 0 radical (unpaired) electrons. The van der Waals surface area contributed by atoms with Crippen LogP contribution in [0.3, 0.4) is 0 Å². The van der Waals surface area contributed by atoms with E-state index in [1.807, 2.05) is 0 Å². The van der Waals surface area contributed by atoms with Gasteiger partial charge in [0.25, 0.3) is 0 Å². The predicted molar refractivity (Wildman–Crippen MR) is 59.3 cm³/mol. The summed E-state index contributed by atoms with van der Waals surface area (Å²) in [6.07, 6.45) is -1.36. The Hall–Kier alpha value is -0.880. The quantitative estimate of drug-likeness (QED) is 0.799. The van der Waals surface area contributed by atoms with E-state index in [0.29, 0.717) is 13.0 Å². The lowest BCUT2D eigenvalue weighted by Crippen LogP contribution is -2.17. The summed E-state index contributed by atoms with van der Waals surface area (Å²) in [5.41, 5.74) is -1.04. The molecule has 1 aromatic heterocycles. The molecule has 18 heavy (non-hydrogen) atoms. The third kappa shape index (κ3) is 3.11. The number of nitrogens with zero attached hydrogens (tertiary/aromatic N) is 2. The van der Waals surface area contributed by atoms with Crippen molar-refractivity contribution < 1.29 is 17.9 Å². The van der Waals surface area contributed by atoms with Gasteiger partial charge in [0.15, 0.2) is 5.69 Å². The number of alkyl halides is 4. The fraction of sp³-hybridized carbons (Fsp3) is 0.636. The molecule has 1 atom stereocenters. The Kier molecular flexibility index (Phi) is 4.07. The highest BCUT2D eigenvalue weighted by molar-refractivity contribution is 6.17. The maximum Gasteiger partial charge on any atom is 0.433 e. The smallest absolute Gasteiger partial charge is 0.378 e. The van der Waals surface area contributed by atoms with E-state index < -0.39 is 11.9 Å². The topological polar surface area (TPSA) is 35.0 Å². The van der Waals surface area contributed by atoms with Crippen LogP contribution in [0.25, 0.3) is 0 Å². The van der Waals surface area contributed by atoms with E-state index >= 15 is 0 Å². The molecule has 0 aromatic carbocycles. The lowest BCUT2D eigenvalue weighted by molar-refractivity contribution is -0.142. The fourth-order valence-corrected chi connectivity index (χ4v) is 2.09. The summed E-state index contributed by atoms with van der Waals surface area (Å²) in [4.78, 5) is 7.49. The van der Waals surface area contributed by atoms with Crippen LogP contribution >= 0.6 is 11.6 Å². The Bertz CT molecular complexity index is 419. The molecule has 0 amide bonds. The summed E-state index contributed by atoms with van der Waals surface area (Å²) in [5.74, 6) is -0.0993. The minimum atomic E-state index is -4.50. The van der Waals surface area contributed by atoms with Crippen molar-refractivity contribution in [1.82, 2.24) is 9.97 Å². The molecule has 1 aliphatic rings. The first kappa shape index (κ1) is 13.5. The fourth-order valence-electron chi connectivity index (χ4n) is 1.89. The monoisotopic (exact) mass is 280 g/mol. The second-order valence-electron chi connectivity index (χ2n) is 4.13. The van der Waals surface area contributed by atoms with Gasteiger partial charge in [-0.05, 0) is 12.8 Å². The Morgan fingerprint density at radius 1 is 1.44 bits per heavy atom. The highest BCUT2D eigenvalue weighted by Gasteiger charge is 2.36. The van der Waals surface area contributed by atoms with E-state index in [-0.39, 0.29) is 23.4 Å². The molecular formula is C11H12ClF3N2O. The maximum atomic E-state index is 12.7. The van der Waals surface area contributed by atoms with E-state index in [0.717, 1.165) is 19.0 Å². The molecule has 2 rings (SSSR count). The summed E-state index contributed by atoms with van der Waals surface area (Å²) in [6, 6.07) is 0. The molecule has 0 saturated carbocycles. The van der Waals surface area contributed by atoms with E-state index in [4.69, 9.17) is 16.3 Å². The molecular weight excluding hydrogens is 269 g/mol. The van der Waals surface area contributed by atoms with Gasteiger partial charge in [0.05, 0.1) is 12.0 Å². The standard InChI is InChI=1S/C11H12ClF3N2O/c12-5-7-6-16-9(4-8-2-1-3-18-8)17-10(7)11(13,14)15/h6,8H,1-5H2. The van der Waals surface area contributed by atoms with Gasteiger partial charge in [-0.2, -0.15) is 13.2 Å². The van der Waals surface area contributed by atoms with Crippen LogP contribution in [-0.4, -0.2) is 22.7 Å². The van der Waals surface area contributed by atoms with Crippen molar-refractivity contribution in [2.24, 2.45) is 0 Å². The SMILES string of the molecule is FC(F)(F)c1nc(CC2CCCO2)ncc1CCl. The second kappa shape index (κ2) is 5.40. The molecule has 2 heterocycles. The van der Waals surface area contributed by atoms with Crippen molar-refractivity contribution in [1.29, 1.82) is 0 Å². The van der Waals surface area contributed by atoms with Crippen LogP contribution in [0.4, 0.5) is 13.2 Å². The van der Waals surface area contributed by atoms with Crippen LogP contribution in [0.1, 0.15) is 29.9 Å². The molecule has 0 spiro atoms. The van der Waals surface area contributed by atoms with Crippen molar-refractivity contribution in [2.75, 3.05) is 6.61 Å². The zero-order chi connectivity index (χ0) is 13.2. The molecule has 3 nitrogen and oxygen atoms in total. The lowest BCUT2D eigenvalue weighted by atomic mass is 10.1. The predicted octanol–water partition coefficient (Wildman–Crippen LogP) is 2.96. The third-order valence-electron chi connectivity index (χ3n) is 2.76. The normalized spacial score (nSPS) is 20.3. The first-order valence-electron chi connectivity index (χ1n) is 5.60. The molecule has 1 aromatic rings.